The van der Waals surface area contributed by atoms with Crippen LogP contribution in [0.4, 0.5) is 4.79 Å². The quantitative estimate of drug-likeness (QED) is 0.788. The van der Waals surface area contributed by atoms with Gasteiger partial charge in [-0.1, -0.05) is 0 Å². The molecule has 1 fully saturated rings. The molecule has 1 atom stereocenters. The summed E-state index contributed by atoms with van der Waals surface area (Å²) in [5, 5.41) is 0. The standard InChI is InChI=1S/C16H24N4O3/c1-12-10-19(11-14(21)13-9-17-5-6-18-13)7-8-20(12)15(22)23-16(2,3)4/h5-6,9,12H,7-8,10-11H2,1-4H3. The van der Waals surface area contributed by atoms with Crippen LogP contribution in [-0.2, 0) is 4.74 Å². The van der Waals surface area contributed by atoms with E-state index in [-0.39, 0.29) is 24.5 Å². The van der Waals surface area contributed by atoms with Gasteiger partial charge >= 0.3 is 6.09 Å². The van der Waals surface area contributed by atoms with Gasteiger partial charge in [0.05, 0.1) is 12.7 Å². The molecule has 7 heteroatoms. The zero-order valence-corrected chi connectivity index (χ0v) is 14.2. The number of hydrogen-bond donors (Lipinski definition) is 0. The van der Waals surface area contributed by atoms with E-state index < -0.39 is 5.60 Å². The summed E-state index contributed by atoms with van der Waals surface area (Å²) in [5.74, 6) is -0.0592. The number of ketones is 1. The summed E-state index contributed by atoms with van der Waals surface area (Å²) in [6, 6.07) is -0.00624. The Morgan fingerprint density at radius 1 is 1.30 bits per heavy atom. The van der Waals surface area contributed by atoms with Gasteiger partial charge < -0.3 is 9.64 Å². The van der Waals surface area contributed by atoms with E-state index in [1.807, 2.05) is 32.6 Å². The summed E-state index contributed by atoms with van der Waals surface area (Å²) in [5.41, 5.74) is -0.134. The SMILES string of the molecule is CC1CN(CC(=O)c2cnccn2)CCN1C(=O)OC(C)(C)C. The van der Waals surface area contributed by atoms with Crippen LogP contribution in [0.1, 0.15) is 38.2 Å². The summed E-state index contributed by atoms with van der Waals surface area (Å²) in [4.78, 5) is 36.0. The fourth-order valence-electron chi connectivity index (χ4n) is 2.50. The van der Waals surface area contributed by atoms with Crippen LogP contribution in [-0.4, -0.2) is 69.5 Å². The van der Waals surface area contributed by atoms with E-state index in [4.69, 9.17) is 4.74 Å². The van der Waals surface area contributed by atoms with Gasteiger partial charge in [-0.2, -0.15) is 0 Å². The molecule has 23 heavy (non-hydrogen) atoms. The number of carbonyl (C=O) groups excluding carboxylic acids is 2. The fraction of sp³-hybridized carbons (Fsp3) is 0.625. The molecule has 126 valence electrons. The summed E-state index contributed by atoms with van der Waals surface area (Å²) in [6.45, 7) is 9.61. The largest absolute Gasteiger partial charge is 0.444 e. The molecular formula is C16H24N4O3. The molecule has 0 radical (unpaired) electrons. The van der Waals surface area contributed by atoms with Crippen LogP contribution in [0.3, 0.4) is 0 Å². The molecule has 1 aromatic heterocycles. The van der Waals surface area contributed by atoms with Crippen molar-refractivity contribution in [2.24, 2.45) is 0 Å². The number of rotatable bonds is 3. The number of ether oxygens (including phenoxy) is 1. The number of amides is 1. The predicted octanol–water partition coefficient (Wildman–Crippen LogP) is 1.60. The maximum Gasteiger partial charge on any atom is 0.410 e. The van der Waals surface area contributed by atoms with Crippen molar-refractivity contribution >= 4 is 11.9 Å². The first-order valence-electron chi connectivity index (χ1n) is 7.77. The second-order valence-corrected chi connectivity index (χ2v) is 6.77. The van der Waals surface area contributed by atoms with Gasteiger partial charge in [0.2, 0.25) is 0 Å². The highest BCUT2D eigenvalue weighted by Crippen LogP contribution is 2.15. The Kier molecular flexibility index (Phi) is 5.30. The van der Waals surface area contributed by atoms with Gasteiger partial charge in [-0.3, -0.25) is 14.7 Å². The Bertz CT molecular complexity index is 556. The zero-order valence-electron chi connectivity index (χ0n) is 14.2. The fourth-order valence-corrected chi connectivity index (χ4v) is 2.50. The lowest BCUT2D eigenvalue weighted by molar-refractivity contribution is 0.00218. The summed E-state index contributed by atoms with van der Waals surface area (Å²) in [7, 11) is 0. The topological polar surface area (TPSA) is 75.6 Å². The van der Waals surface area contributed by atoms with E-state index in [0.717, 1.165) is 0 Å². The maximum atomic E-state index is 12.2. The number of hydrogen-bond acceptors (Lipinski definition) is 6. The summed E-state index contributed by atoms with van der Waals surface area (Å²) >= 11 is 0. The summed E-state index contributed by atoms with van der Waals surface area (Å²) in [6.07, 6.45) is 4.22. The van der Waals surface area contributed by atoms with E-state index in [9.17, 15) is 9.59 Å². The highest BCUT2D eigenvalue weighted by molar-refractivity contribution is 5.95. The van der Waals surface area contributed by atoms with Crippen molar-refractivity contribution in [3.8, 4) is 0 Å². The van der Waals surface area contributed by atoms with Crippen molar-refractivity contribution in [2.45, 2.75) is 39.3 Å². The molecule has 0 saturated carbocycles. The smallest absolute Gasteiger partial charge is 0.410 e. The molecule has 1 unspecified atom stereocenters. The van der Waals surface area contributed by atoms with Crippen LogP contribution >= 0.6 is 0 Å². The number of carbonyl (C=O) groups is 2. The predicted molar refractivity (Wildman–Crippen MR) is 85.2 cm³/mol. The Morgan fingerprint density at radius 2 is 2.04 bits per heavy atom. The van der Waals surface area contributed by atoms with Crippen LogP contribution in [0.5, 0.6) is 0 Å². The number of aromatic nitrogens is 2. The van der Waals surface area contributed by atoms with E-state index in [1.165, 1.54) is 12.4 Å². The minimum atomic E-state index is -0.504. The molecule has 0 N–H and O–H groups in total. The van der Waals surface area contributed by atoms with Gasteiger partial charge in [0.15, 0.2) is 5.78 Å². The van der Waals surface area contributed by atoms with Crippen LogP contribution in [0, 0.1) is 0 Å². The highest BCUT2D eigenvalue weighted by Gasteiger charge is 2.31. The third kappa shape index (κ3) is 4.99. The van der Waals surface area contributed by atoms with E-state index in [1.54, 1.807) is 11.1 Å². The van der Waals surface area contributed by atoms with E-state index >= 15 is 0 Å². The first-order chi connectivity index (χ1) is 10.8. The first kappa shape index (κ1) is 17.3. The minimum Gasteiger partial charge on any atom is -0.444 e. The highest BCUT2D eigenvalue weighted by atomic mass is 16.6. The molecule has 0 bridgehead atoms. The number of Topliss-reactive ketones (excluding diaryl/α,β-unsaturated/α-hetero) is 1. The van der Waals surface area contributed by atoms with Crippen LogP contribution in [0.2, 0.25) is 0 Å². The van der Waals surface area contributed by atoms with E-state index in [2.05, 4.69) is 9.97 Å². The molecular weight excluding hydrogens is 296 g/mol. The van der Waals surface area contributed by atoms with Crippen LogP contribution in [0.15, 0.2) is 18.6 Å². The molecule has 1 saturated heterocycles. The van der Waals surface area contributed by atoms with Gasteiger partial charge in [0.1, 0.15) is 11.3 Å². The van der Waals surface area contributed by atoms with Crippen LogP contribution in [0.25, 0.3) is 0 Å². The minimum absolute atomic E-state index is 0.00624. The van der Waals surface area contributed by atoms with Gasteiger partial charge in [-0.15, -0.1) is 0 Å². The average Bonchev–Trinajstić information content (AvgIpc) is 2.46. The van der Waals surface area contributed by atoms with Crippen molar-refractivity contribution < 1.29 is 14.3 Å². The number of nitrogens with zero attached hydrogens (tertiary/aromatic N) is 4. The molecule has 0 spiro atoms. The van der Waals surface area contributed by atoms with E-state index in [0.29, 0.717) is 25.3 Å². The average molecular weight is 320 g/mol. The third-order valence-corrected chi connectivity index (χ3v) is 3.56. The molecule has 2 heterocycles. The zero-order chi connectivity index (χ0) is 17.0. The molecule has 1 aliphatic heterocycles. The van der Waals surface area contributed by atoms with Crippen molar-refractivity contribution in [1.29, 1.82) is 0 Å². The van der Waals surface area contributed by atoms with Crippen molar-refractivity contribution in [2.75, 3.05) is 26.2 Å². The summed E-state index contributed by atoms with van der Waals surface area (Å²) < 4.78 is 5.42. The monoisotopic (exact) mass is 320 g/mol. The lowest BCUT2D eigenvalue weighted by Gasteiger charge is -2.39. The van der Waals surface area contributed by atoms with Crippen molar-refractivity contribution in [1.82, 2.24) is 19.8 Å². The molecule has 1 aromatic rings. The van der Waals surface area contributed by atoms with Gasteiger partial charge in [0.25, 0.3) is 0 Å². The third-order valence-electron chi connectivity index (χ3n) is 3.56. The second kappa shape index (κ2) is 7.04. The van der Waals surface area contributed by atoms with Crippen molar-refractivity contribution in [3.05, 3.63) is 24.3 Å². The first-order valence-corrected chi connectivity index (χ1v) is 7.77. The molecule has 7 nitrogen and oxygen atoms in total. The molecule has 1 aliphatic rings. The molecule has 0 aliphatic carbocycles. The van der Waals surface area contributed by atoms with Crippen molar-refractivity contribution in [3.63, 3.8) is 0 Å². The molecule has 1 amide bonds. The second-order valence-electron chi connectivity index (χ2n) is 6.77. The lowest BCUT2D eigenvalue weighted by atomic mass is 10.1. The van der Waals surface area contributed by atoms with Gasteiger partial charge in [-0.25, -0.2) is 9.78 Å². The van der Waals surface area contributed by atoms with Crippen LogP contribution < -0.4 is 0 Å². The Morgan fingerprint density at radius 3 is 2.61 bits per heavy atom. The maximum absolute atomic E-state index is 12.2. The Balaban J connectivity index is 1.89. The molecule has 0 aromatic carbocycles. The normalized spacial score (nSPS) is 19.5. The Labute approximate surface area is 136 Å². The molecule has 2 rings (SSSR count). The van der Waals surface area contributed by atoms with Gasteiger partial charge in [-0.05, 0) is 27.7 Å². The lowest BCUT2D eigenvalue weighted by Crippen LogP contribution is -2.55. The number of piperazine rings is 1. The van der Waals surface area contributed by atoms with Gasteiger partial charge in [0, 0.05) is 38.1 Å². The Hall–Kier alpha value is -2.02.